The average molecular weight is 277 g/mol. The zero-order chi connectivity index (χ0) is 10.6. The number of carbonyl (C=O) groups excluding carboxylic acids is 2. The third kappa shape index (κ3) is 2.92. The molecule has 76 valence electrons. The number of aryl methyl sites for hydroxylation is 1. The third-order valence-corrected chi connectivity index (χ3v) is 3.77. The van der Waals surface area contributed by atoms with Gasteiger partial charge in [0.2, 0.25) is 0 Å². The minimum absolute atomic E-state index is 0.238. The molecule has 0 fully saturated rings. The summed E-state index contributed by atoms with van der Waals surface area (Å²) >= 11 is 4.72. The normalized spacial score (nSPS) is 9.86. The van der Waals surface area contributed by atoms with Crippen LogP contribution in [0.15, 0.2) is 10.5 Å². The molecule has 1 aromatic rings. The lowest BCUT2D eigenvalue weighted by Gasteiger charge is -1.97. The second-order valence-electron chi connectivity index (χ2n) is 2.61. The molecule has 5 heteroatoms. The number of thiophene rings is 1. The van der Waals surface area contributed by atoms with Gasteiger partial charge in [-0.05, 0) is 28.4 Å². The molecule has 0 N–H and O–H groups in total. The topological polar surface area (TPSA) is 43.4 Å². The fourth-order valence-electron chi connectivity index (χ4n) is 0.972. The number of halogens is 1. The fourth-order valence-corrected chi connectivity index (χ4v) is 2.68. The number of esters is 1. The van der Waals surface area contributed by atoms with Gasteiger partial charge in [-0.2, -0.15) is 0 Å². The van der Waals surface area contributed by atoms with E-state index in [0.717, 1.165) is 15.6 Å². The molecule has 0 atom stereocenters. The number of hydrogen-bond donors (Lipinski definition) is 0. The number of carbonyl (C=O) groups is 2. The van der Waals surface area contributed by atoms with E-state index in [9.17, 15) is 9.59 Å². The van der Waals surface area contributed by atoms with Gasteiger partial charge in [0.25, 0.3) is 0 Å². The number of rotatable bonds is 4. The van der Waals surface area contributed by atoms with Crippen LogP contribution >= 0.6 is 27.3 Å². The Morgan fingerprint density at radius 2 is 2.43 bits per heavy atom. The van der Waals surface area contributed by atoms with Crippen molar-refractivity contribution in [3.8, 4) is 0 Å². The Balaban J connectivity index is 2.62. The van der Waals surface area contributed by atoms with Crippen molar-refractivity contribution in [2.45, 2.75) is 12.8 Å². The zero-order valence-electron chi connectivity index (χ0n) is 7.58. The molecule has 1 aromatic heterocycles. The first-order valence-corrected chi connectivity index (χ1v) is 5.58. The highest BCUT2D eigenvalue weighted by molar-refractivity contribution is 9.10. The molecule has 0 aliphatic heterocycles. The largest absolute Gasteiger partial charge is 0.469 e. The fraction of sp³-hybridized carbons (Fsp3) is 0.333. The van der Waals surface area contributed by atoms with Crippen molar-refractivity contribution in [1.29, 1.82) is 0 Å². The molecule has 14 heavy (non-hydrogen) atoms. The summed E-state index contributed by atoms with van der Waals surface area (Å²) in [6.07, 6.45) is 1.75. The lowest BCUT2D eigenvalue weighted by molar-refractivity contribution is -0.140. The Kier molecular flexibility index (Phi) is 4.28. The first kappa shape index (κ1) is 11.4. The molecule has 0 saturated heterocycles. The number of hydrogen-bond acceptors (Lipinski definition) is 4. The first-order valence-electron chi connectivity index (χ1n) is 3.97. The van der Waals surface area contributed by atoms with Crippen molar-refractivity contribution >= 4 is 39.5 Å². The van der Waals surface area contributed by atoms with Crippen molar-refractivity contribution < 1.29 is 14.3 Å². The summed E-state index contributed by atoms with van der Waals surface area (Å²) in [5.41, 5.74) is 0. The Morgan fingerprint density at radius 3 is 2.93 bits per heavy atom. The van der Waals surface area contributed by atoms with Crippen molar-refractivity contribution in [3.05, 3.63) is 20.3 Å². The predicted octanol–water partition coefficient (Wildman–Crippen LogP) is 2.43. The molecule has 0 aliphatic rings. The first-order chi connectivity index (χ1) is 6.67. The van der Waals surface area contributed by atoms with Crippen molar-refractivity contribution in [3.63, 3.8) is 0 Å². The van der Waals surface area contributed by atoms with Gasteiger partial charge in [0.05, 0.1) is 18.4 Å². The Morgan fingerprint density at radius 1 is 1.71 bits per heavy atom. The molecule has 0 unspecified atom stereocenters. The van der Waals surface area contributed by atoms with E-state index in [1.165, 1.54) is 18.4 Å². The lowest BCUT2D eigenvalue weighted by Crippen LogP contribution is -2.01. The van der Waals surface area contributed by atoms with Crippen LogP contribution in [0.1, 0.15) is 21.0 Å². The van der Waals surface area contributed by atoms with Crippen LogP contribution < -0.4 is 0 Å². The number of ether oxygens (including phenoxy) is 1. The standard InChI is InChI=1S/C9H9BrO3S/c1-13-9(12)3-2-8-7(10)4-6(5-11)14-8/h4-5H,2-3H2,1H3. The summed E-state index contributed by atoms with van der Waals surface area (Å²) in [7, 11) is 1.36. The van der Waals surface area contributed by atoms with Crippen LogP contribution in [-0.4, -0.2) is 19.4 Å². The molecule has 3 nitrogen and oxygen atoms in total. The van der Waals surface area contributed by atoms with E-state index in [0.29, 0.717) is 17.7 Å². The van der Waals surface area contributed by atoms with E-state index >= 15 is 0 Å². The smallest absolute Gasteiger partial charge is 0.305 e. The Bertz CT molecular complexity index is 346. The zero-order valence-corrected chi connectivity index (χ0v) is 9.98. The summed E-state index contributed by atoms with van der Waals surface area (Å²) in [5.74, 6) is -0.238. The lowest BCUT2D eigenvalue weighted by atomic mass is 10.2. The van der Waals surface area contributed by atoms with Crippen LogP contribution in [0, 0.1) is 0 Å². The van der Waals surface area contributed by atoms with Gasteiger partial charge in [-0.3, -0.25) is 9.59 Å². The molecule has 0 spiro atoms. The van der Waals surface area contributed by atoms with E-state index in [-0.39, 0.29) is 5.97 Å². The van der Waals surface area contributed by atoms with E-state index in [1.807, 2.05) is 0 Å². The monoisotopic (exact) mass is 276 g/mol. The molecule has 0 saturated carbocycles. The van der Waals surface area contributed by atoms with Crippen LogP contribution in [0.2, 0.25) is 0 Å². The van der Waals surface area contributed by atoms with Crippen LogP contribution in [0.5, 0.6) is 0 Å². The summed E-state index contributed by atoms with van der Waals surface area (Å²) in [4.78, 5) is 23.0. The SMILES string of the molecule is COC(=O)CCc1sc(C=O)cc1Br. The van der Waals surface area contributed by atoms with Gasteiger partial charge >= 0.3 is 5.97 Å². The number of methoxy groups -OCH3 is 1. The third-order valence-electron chi connectivity index (χ3n) is 1.68. The average Bonchev–Trinajstić information content (AvgIpc) is 2.55. The molecule has 1 rings (SSSR count). The van der Waals surface area contributed by atoms with E-state index in [1.54, 1.807) is 6.07 Å². The maximum absolute atomic E-state index is 10.9. The molecule has 0 bridgehead atoms. The molecular formula is C9H9BrO3S. The minimum atomic E-state index is -0.238. The number of aldehydes is 1. The van der Waals surface area contributed by atoms with Gasteiger partial charge in [-0.25, -0.2) is 0 Å². The maximum atomic E-state index is 10.9. The van der Waals surface area contributed by atoms with Crippen molar-refractivity contribution in [1.82, 2.24) is 0 Å². The Hall–Kier alpha value is -0.680. The molecule has 1 heterocycles. The van der Waals surface area contributed by atoms with Crippen LogP contribution in [-0.2, 0) is 16.0 Å². The van der Waals surface area contributed by atoms with Gasteiger partial charge in [-0.1, -0.05) is 0 Å². The summed E-state index contributed by atoms with van der Waals surface area (Å²) in [5, 5.41) is 0. The van der Waals surface area contributed by atoms with Crippen molar-refractivity contribution in [2.24, 2.45) is 0 Å². The maximum Gasteiger partial charge on any atom is 0.305 e. The van der Waals surface area contributed by atoms with Gasteiger partial charge in [0.1, 0.15) is 0 Å². The molecule has 0 radical (unpaired) electrons. The van der Waals surface area contributed by atoms with Crippen LogP contribution in [0.4, 0.5) is 0 Å². The van der Waals surface area contributed by atoms with Crippen LogP contribution in [0.25, 0.3) is 0 Å². The molecule has 0 aliphatic carbocycles. The highest BCUT2D eigenvalue weighted by Crippen LogP contribution is 2.27. The second kappa shape index (κ2) is 5.26. The molecular weight excluding hydrogens is 268 g/mol. The van der Waals surface area contributed by atoms with E-state index in [2.05, 4.69) is 20.7 Å². The second-order valence-corrected chi connectivity index (χ2v) is 4.64. The van der Waals surface area contributed by atoms with Gasteiger partial charge < -0.3 is 4.74 Å². The van der Waals surface area contributed by atoms with E-state index in [4.69, 9.17) is 0 Å². The quantitative estimate of drug-likeness (QED) is 0.627. The Labute approximate surface area is 94.2 Å². The van der Waals surface area contributed by atoms with E-state index < -0.39 is 0 Å². The van der Waals surface area contributed by atoms with Gasteiger partial charge in [-0.15, -0.1) is 11.3 Å². The van der Waals surface area contributed by atoms with Gasteiger partial charge in [0.15, 0.2) is 6.29 Å². The minimum Gasteiger partial charge on any atom is -0.469 e. The summed E-state index contributed by atoms with van der Waals surface area (Å²) in [6.45, 7) is 0. The highest BCUT2D eigenvalue weighted by Gasteiger charge is 2.08. The summed E-state index contributed by atoms with van der Waals surface area (Å²) < 4.78 is 5.41. The predicted molar refractivity (Wildman–Crippen MR) is 57.7 cm³/mol. The molecule has 0 amide bonds. The highest BCUT2D eigenvalue weighted by atomic mass is 79.9. The molecule has 0 aromatic carbocycles. The summed E-state index contributed by atoms with van der Waals surface area (Å²) in [6, 6.07) is 1.75. The van der Waals surface area contributed by atoms with Crippen molar-refractivity contribution in [2.75, 3.05) is 7.11 Å². The van der Waals surface area contributed by atoms with Gasteiger partial charge in [0, 0.05) is 9.35 Å². The van der Waals surface area contributed by atoms with Crippen LogP contribution in [0.3, 0.4) is 0 Å².